The van der Waals surface area contributed by atoms with Gasteiger partial charge in [-0.1, -0.05) is 0 Å². The zero-order valence-corrected chi connectivity index (χ0v) is 15.4. The Kier molecular flexibility index (Phi) is 6.34. The van der Waals surface area contributed by atoms with Gasteiger partial charge >= 0.3 is 0 Å². The normalized spacial score (nSPS) is 16.0. The zero-order chi connectivity index (χ0) is 19.9. The van der Waals surface area contributed by atoms with Crippen molar-refractivity contribution in [1.82, 2.24) is 20.2 Å². The van der Waals surface area contributed by atoms with Gasteiger partial charge in [0.25, 0.3) is 5.91 Å². The highest BCUT2D eigenvalue weighted by atomic mass is 16.5. The number of nitrogens with two attached hydrogens (primary N) is 1. The van der Waals surface area contributed by atoms with E-state index in [0.29, 0.717) is 42.8 Å². The molecule has 2 amide bonds. The first kappa shape index (κ1) is 19.5. The minimum absolute atomic E-state index is 0.167. The van der Waals surface area contributed by atoms with E-state index >= 15 is 0 Å². The highest BCUT2D eigenvalue weighted by Gasteiger charge is 2.28. The maximum absolute atomic E-state index is 12.6. The monoisotopic (exact) mass is 382 g/mol. The topological polar surface area (TPSA) is 134 Å². The van der Waals surface area contributed by atoms with Gasteiger partial charge < -0.3 is 20.7 Å². The Morgan fingerprint density at radius 2 is 2.25 bits per heavy atom. The number of nitrogens with one attached hydrogen (secondary N) is 1. The smallest absolute Gasteiger partial charge is 0.271 e. The van der Waals surface area contributed by atoms with Crippen molar-refractivity contribution in [2.75, 3.05) is 26.2 Å². The number of amides is 2. The van der Waals surface area contributed by atoms with E-state index in [1.807, 2.05) is 0 Å². The fraction of sp³-hybridized carbons (Fsp3) is 0.421. The second-order valence-electron chi connectivity index (χ2n) is 6.45. The van der Waals surface area contributed by atoms with Crippen LogP contribution in [-0.2, 0) is 4.79 Å². The summed E-state index contributed by atoms with van der Waals surface area (Å²) in [6.45, 7) is 1.35. The standard InChI is InChI=1S/C19H22N6O3/c20-6-2-8-28-14-4-5-16-15(9-14)18(24-12-23-16)19(27)22-11-17(26)25-7-1-3-13(25)10-21/h4-5,9,12-13H,1-3,6-8,11,20H2,(H,22,27)/t13-/m0/s1. The molecule has 1 aliphatic heterocycles. The number of rotatable bonds is 7. The Morgan fingerprint density at radius 1 is 1.39 bits per heavy atom. The first-order valence-electron chi connectivity index (χ1n) is 9.19. The second kappa shape index (κ2) is 9.10. The van der Waals surface area contributed by atoms with Crippen molar-refractivity contribution < 1.29 is 14.3 Å². The van der Waals surface area contributed by atoms with E-state index in [0.717, 1.165) is 12.8 Å². The molecule has 0 aliphatic carbocycles. The lowest BCUT2D eigenvalue weighted by atomic mass is 10.1. The molecule has 9 nitrogen and oxygen atoms in total. The third-order valence-electron chi connectivity index (χ3n) is 4.56. The first-order valence-corrected chi connectivity index (χ1v) is 9.19. The fourth-order valence-electron chi connectivity index (χ4n) is 3.12. The lowest BCUT2D eigenvalue weighted by molar-refractivity contribution is -0.130. The third kappa shape index (κ3) is 4.35. The quantitative estimate of drug-likeness (QED) is 0.670. The Labute approximate surface area is 162 Å². The van der Waals surface area contributed by atoms with Gasteiger partial charge in [0.15, 0.2) is 0 Å². The maximum atomic E-state index is 12.6. The van der Waals surface area contributed by atoms with Crippen LogP contribution in [0.3, 0.4) is 0 Å². The van der Waals surface area contributed by atoms with Gasteiger partial charge in [-0.15, -0.1) is 0 Å². The number of nitrogens with zero attached hydrogens (tertiary/aromatic N) is 4. The van der Waals surface area contributed by atoms with Crippen molar-refractivity contribution >= 4 is 22.7 Å². The molecule has 2 heterocycles. The summed E-state index contributed by atoms with van der Waals surface area (Å²) in [5.41, 5.74) is 6.23. The van der Waals surface area contributed by atoms with E-state index in [1.54, 1.807) is 18.2 Å². The number of benzene rings is 1. The van der Waals surface area contributed by atoms with Gasteiger partial charge in [0.05, 0.1) is 24.7 Å². The Hall–Kier alpha value is -3.25. The Morgan fingerprint density at radius 3 is 3.04 bits per heavy atom. The fourth-order valence-corrected chi connectivity index (χ4v) is 3.12. The molecule has 1 aromatic heterocycles. The molecule has 9 heteroatoms. The van der Waals surface area contributed by atoms with Crippen LogP contribution in [0.2, 0.25) is 0 Å². The van der Waals surface area contributed by atoms with Gasteiger partial charge in [0, 0.05) is 11.9 Å². The molecule has 1 saturated heterocycles. The third-order valence-corrected chi connectivity index (χ3v) is 4.56. The van der Waals surface area contributed by atoms with E-state index in [4.69, 9.17) is 15.7 Å². The van der Waals surface area contributed by atoms with E-state index in [2.05, 4.69) is 21.4 Å². The second-order valence-corrected chi connectivity index (χ2v) is 6.45. The number of carbonyl (C=O) groups excluding carboxylic acids is 2. The number of fused-ring (bicyclic) bond motifs is 1. The predicted octanol–water partition coefficient (Wildman–Crippen LogP) is 0.602. The maximum Gasteiger partial charge on any atom is 0.271 e. The van der Waals surface area contributed by atoms with Gasteiger partial charge in [-0.25, -0.2) is 9.97 Å². The van der Waals surface area contributed by atoms with Crippen molar-refractivity contribution in [3.8, 4) is 11.8 Å². The largest absolute Gasteiger partial charge is 0.494 e. The molecule has 0 unspecified atom stereocenters. The summed E-state index contributed by atoms with van der Waals surface area (Å²) >= 11 is 0. The SMILES string of the molecule is N#C[C@@H]1CCCN1C(=O)CNC(=O)c1ncnc2ccc(OCCCN)cc12. The average molecular weight is 382 g/mol. The summed E-state index contributed by atoms with van der Waals surface area (Å²) in [5, 5.41) is 12.2. The van der Waals surface area contributed by atoms with Crippen LogP contribution in [0.15, 0.2) is 24.5 Å². The summed E-state index contributed by atoms with van der Waals surface area (Å²) in [5.74, 6) is -0.163. The lowest BCUT2D eigenvalue weighted by Gasteiger charge is -2.19. The molecule has 1 fully saturated rings. The number of hydrogen-bond acceptors (Lipinski definition) is 7. The predicted molar refractivity (Wildman–Crippen MR) is 101 cm³/mol. The molecule has 2 aromatic rings. The van der Waals surface area contributed by atoms with Crippen LogP contribution in [-0.4, -0.2) is 59.0 Å². The van der Waals surface area contributed by atoms with Crippen LogP contribution in [0, 0.1) is 11.3 Å². The van der Waals surface area contributed by atoms with Crippen molar-refractivity contribution in [1.29, 1.82) is 5.26 Å². The molecule has 0 bridgehead atoms. The minimum atomic E-state index is -0.479. The Bertz CT molecular complexity index is 910. The van der Waals surface area contributed by atoms with Crippen LogP contribution in [0.4, 0.5) is 0 Å². The molecular weight excluding hydrogens is 360 g/mol. The van der Waals surface area contributed by atoms with E-state index in [9.17, 15) is 9.59 Å². The molecule has 146 valence electrons. The van der Waals surface area contributed by atoms with Gasteiger partial charge in [-0.2, -0.15) is 5.26 Å². The summed E-state index contributed by atoms with van der Waals surface area (Å²) in [7, 11) is 0. The average Bonchev–Trinajstić information content (AvgIpc) is 3.20. The summed E-state index contributed by atoms with van der Waals surface area (Å²) in [6.07, 6.45) is 3.49. The molecule has 0 saturated carbocycles. The van der Waals surface area contributed by atoms with E-state index in [-0.39, 0.29) is 18.1 Å². The number of hydrogen-bond donors (Lipinski definition) is 2. The highest BCUT2D eigenvalue weighted by molar-refractivity contribution is 6.05. The van der Waals surface area contributed by atoms with E-state index < -0.39 is 11.9 Å². The minimum Gasteiger partial charge on any atom is -0.494 e. The molecule has 3 N–H and O–H groups in total. The van der Waals surface area contributed by atoms with Crippen LogP contribution < -0.4 is 15.8 Å². The van der Waals surface area contributed by atoms with Crippen LogP contribution in [0.5, 0.6) is 5.75 Å². The Balaban J connectivity index is 1.71. The molecule has 1 aromatic carbocycles. The summed E-state index contributed by atoms with van der Waals surface area (Å²) in [4.78, 5) is 34.7. The number of ether oxygens (including phenoxy) is 1. The van der Waals surface area contributed by atoms with Crippen molar-refractivity contribution in [3.63, 3.8) is 0 Å². The molecule has 28 heavy (non-hydrogen) atoms. The number of likely N-dealkylation sites (tertiary alicyclic amines) is 1. The van der Waals surface area contributed by atoms with E-state index in [1.165, 1.54) is 11.2 Å². The zero-order valence-electron chi connectivity index (χ0n) is 15.4. The van der Waals surface area contributed by atoms with Gasteiger partial charge in [-0.3, -0.25) is 9.59 Å². The molecule has 0 spiro atoms. The van der Waals surface area contributed by atoms with Crippen LogP contribution >= 0.6 is 0 Å². The number of nitriles is 1. The van der Waals surface area contributed by atoms with Gasteiger partial charge in [0.2, 0.25) is 5.91 Å². The molecular formula is C19H22N6O3. The van der Waals surface area contributed by atoms with Crippen molar-refractivity contribution in [3.05, 3.63) is 30.2 Å². The van der Waals surface area contributed by atoms with Crippen LogP contribution in [0.25, 0.3) is 10.9 Å². The molecule has 0 radical (unpaired) electrons. The molecule has 3 rings (SSSR count). The molecule has 1 aliphatic rings. The van der Waals surface area contributed by atoms with Crippen LogP contribution in [0.1, 0.15) is 29.8 Å². The summed E-state index contributed by atoms with van der Waals surface area (Å²) < 4.78 is 5.62. The van der Waals surface area contributed by atoms with Crippen molar-refractivity contribution in [2.24, 2.45) is 5.73 Å². The van der Waals surface area contributed by atoms with Crippen molar-refractivity contribution in [2.45, 2.75) is 25.3 Å². The highest BCUT2D eigenvalue weighted by Crippen LogP contribution is 2.22. The lowest BCUT2D eigenvalue weighted by Crippen LogP contribution is -2.42. The van der Waals surface area contributed by atoms with Gasteiger partial charge in [0.1, 0.15) is 23.8 Å². The number of carbonyl (C=O) groups is 2. The number of aromatic nitrogens is 2. The van der Waals surface area contributed by atoms with Gasteiger partial charge in [-0.05, 0) is 44.0 Å². The molecule has 1 atom stereocenters. The summed E-state index contributed by atoms with van der Waals surface area (Å²) in [6, 6.07) is 6.92. The first-order chi connectivity index (χ1) is 13.6.